The SMILES string of the molecule is CC(C)CC(N)C(=O)Cc1ccc(O)c(C(=O)O)c1.CC/C=C\CC(=O)Cl.CC/C=C\CC(=O)NC(CC(C)C)C(=O)Cc1ccc(O)c(C(=O)O)c1.F.I[I-]I.Nc1ccc(O)c(C(=O)O)c1.[Y].[Y]. The monoisotopic (exact) mass is 1490 g/mol. The quantitative estimate of drug-likeness (QED) is 0.0195. The van der Waals surface area contributed by atoms with Crippen LogP contribution in [0.15, 0.2) is 78.9 Å². The van der Waals surface area contributed by atoms with E-state index in [1.54, 1.807) is 12.2 Å². The number of aromatic carboxylic acids is 3. The van der Waals surface area contributed by atoms with E-state index in [-0.39, 0.29) is 152 Å². The Balaban J connectivity index is -0.000000280. The molecule has 16 nitrogen and oxygen atoms in total. The number of phenols is 3. The Morgan fingerprint density at radius 1 is 0.643 bits per heavy atom. The summed E-state index contributed by atoms with van der Waals surface area (Å²) in [5, 5.41) is 56.8. The van der Waals surface area contributed by atoms with Gasteiger partial charge in [-0.1, -0.05) is 78.0 Å². The molecule has 3 aromatic rings. The zero-order valence-corrected chi connectivity index (χ0v) is 52.6. The number of benzene rings is 3. The Morgan fingerprint density at radius 2 is 1.01 bits per heavy atom. The minimum atomic E-state index is -1.26. The smallest absolute Gasteiger partial charge is 0.339 e. The van der Waals surface area contributed by atoms with Gasteiger partial charge in [-0.2, -0.15) is 0 Å². The maximum absolute atomic E-state index is 12.6. The molecule has 0 aliphatic carbocycles. The van der Waals surface area contributed by atoms with Gasteiger partial charge in [0.15, 0.2) is 11.6 Å². The molecule has 70 heavy (non-hydrogen) atoms. The molecule has 0 aromatic heterocycles. The number of hydrogen-bond donors (Lipinski definition) is 9. The number of amides is 1. The van der Waals surface area contributed by atoms with Crippen LogP contribution in [0.25, 0.3) is 0 Å². The van der Waals surface area contributed by atoms with Gasteiger partial charge in [0.2, 0.25) is 11.1 Å². The standard InChI is InChI=1S/C20H27NO5.C14H19NO4.C7H7NO3.C6H9ClO.FH.I3.2Y/c1-4-5-6-7-19(24)21-16(10-13(2)3)18(23)12-14-8-9-17(22)15(11-14)20(25)26;1-8(2)5-11(15)13(17)7-9-3-4-12(16)10(6-9)14(18)19;8-4-1-2-6(9)5(3-4)7(10)11;1-2-3-4-5-6(7)8;;1-3-2;;/h5-6,8-9,11,13,16,22H,4,7,10,12H2,1-3H3,(H,21,24)(H,25,26);3-4,6,8,11,16H,5,7,15H2,1-2H3,(H,18,19);1-3,9H,8H2,(H,10,11);3-4H,2,5H2,1H3;1H;;;/q;;;;;-1;;/b6-5-;;;4-3-;;;;. The van der Waals surface area contributed by atoms with Crippen LogP contribution in [0.1, 0.15) is 122 Å². The summed E-state index contributed by atoms with van der Waals surface area (Å²) in [6.45, 7) is 11.9. The van der Waals surface area contributed by atoms with Crippen LogP contribution >= 0.6 is 48.8 Å². The van der Waals surface area contributed by atoms with Crippen molar-refractivity contribution in [2.75, 3.05) is 5.73 Å². The number of nitrogen functional groups attached to an aromatic ring is 1. The number of carbonyl (C=O) groups excluding carboxylic acids is 4. The van der Waals surface area contributed by atoms with E-state index >= 15 is 0 Å². The average molecular weight is 1490 g/mol. The summed E-state index contributed by atoms with van der Waals surface area (Å²) in [4.78, 5) is 78.9. The molecule has 0 saturated carbocycles. The number of ketones is 2. The zero-order chi connectivity index (χ0) is 51.8. The number of allylic oxidation sites excluding steroid dienone is 3. The maximum Gasteiger partial charge on any atom is 0.339 e. The molecule has 0 aliphatic rings. The van der Waals surface area contributed by atoms with Crippen LogP contribution in [0, 0.1) is 11.8 Å². The van der Waals surface area contributed by atoms with E-state index in [0.717, 1.165) is 12.8 Å². The molecule has 0 spiro atoms. The van der Waals surface area contributed by atoms with Crippen molar-refractivity contribution in [1.29, 1.82) is 0 Å². The number of rotatable bonds is 20. The molecule has 0 heterocycles. The van der Waals surface area contributed by atoms with Gasteiger partial charge in [-0.15, -0.1) is 0 Å². The van der Waals surface area contributed by atoms with Gasteiger partial charge in [-0.25, -0.2) is 14.4 Å². The second-order valence-corrected chi connectivity index (χ2v) is 31.9. The van der Waals surface area contributed by atoms with E-state index < -0.39 is 30.0 Å². The summed E-state index contributed by atoms with van der Waals surface area (Å²) in [5.74, 6) is -4.59. The number of nitrogens with two attached hydrogens (primary N) is 2. The number of carboxylic acids is 3. The molecular formula is C47H63ClFI3N3O13Y2-. The summed E-state index contributed by atoms with van der Waals surface area (Å²) in [6, 6.07) is 10.9. The van der Waals surface area contributed by atoms with Gasteiger partial charge in [0.25, 0.3) is 0 Å². The summed E-state index contributed by atoms with van der Waals surface area (Å²) >= 11 is 10.3. The molecular weight excluding hydrogens is 1430 g/mol. The van der Waals surface area contributed by atoms with E-state index in [4.69, 9.17) is 43.5 Å². The fraction of sp³-hybridized carbons (Fsp3) is 0.383. The first-order valence-electron chi connectivity index (χ1n) is 20.7. The number of aromatic hydroxyl groups is 3. The van der Waals surface area contributed by atoms with E-state index in [0.29, 0.717) is 55.2 Å². The van der Waals surface area contributed by atoms with Crippen LogP contribution in [0.5, 0.6) is 17.2 Å². The van der Waals surface area contributed by atoms with Gasteiger partial charge in [0.1, 0.15) is 33.9 Å². The van der Waals surface area contributed by atoms with Crippen LogP contribution in [0.2, 0.25) is 0 Å². The van der Waals surface area contributed by atoms with Gasteiger partial charge in [-0.05, 0) is 103 Å². The maximum atomic E-state index is 12.6. The number of hydrogen-bond acceptors (Lipinski definition) is 12. The Labute approximate surface area is 494 Å². The second kappa shape index (κ2) is 44.3. The summed E-state index contributed by atoms with van der Waals surface area (Å²) in [5.41, 5.74) is 11.8. The van der Waals surface area contributed by atoms with Gasteiger partial charge < -0.3 is 47.4 Å². The molecule has 3 aromatic carbocycles. The minimum absolute atomic E-state index is 0. The molecule has 23 heteroatoms. The van der Waals surface area contributed by atoms with Crippen LogP contribution in [0.3, 0.4) is 0 Å². The Bertz CT molecular complexity index is 2150. The van der Waals surface area contributed by atoms with E-state index in [9.17, 15) is 43.8 Å². The molecule has 3 rings (SSSR count). The molecule has 0 aliphatic heterocycles. The fourth-order valence-electron chi connectivity index (χ4n) is 5.45. The van der Waals surface area contributed by atoms with E-state index in [2.05, 4.69) is 42.5 Å². The third-order valence-corrected chi connectivity index (χ3v) is 8.70. The normalized spacial score (nSPS) is 10.9. The molecule has 2 unspecified atom stereocenters. The van der Waals surface area contributed by atoms with Gasteiger partial charge in [-0.3, -0.25) is 23.9 Å². The third-order valence-electron chi connectivity index (χ3n) is 8.55. The number of halogens is 5. The topological polar surface area (TPSA) is 305 Å². The molecule has 1 amide bonds. The largest absolute Gasteiger partial charge is 0.507 e. The van der Waals surface area contributed by atoms with Crippen LogP contribution in [0.4, 0.5) is 10.4 Å². The number of Topliss-reactive ketones (excluding diaryl/α,β-unsaturated/α-hetero) is 2. The van der Waals surface area contributed by atoms with Crippen molar-refractivity contribution in [3.05, 3.63) is 107 Å². The molecule has 0 bridgehead atoms. The van der Waals surface area contributed by atoms with Crippen molar-refractivity contribution in [2.24, 2.45) is 17.6 Å². The Morgan fingerprint density at radius 3 is 1.37 bits per heavy atom. The molecule has 11 N–H and O–H groups in total. The molecule has 386 valence electrons. The van der Waals surface area contributed by atoms with Crippen molar-refractivity contribution in [2.45, 2.75) is 105 Å². The summed E-state index contributed by atoms with van der Waals surface area (Å²) in [6.07, 6.45) is 10.9. The van der Waals surface area contributed by atoms with Crippen LogP contribution < -0.4 is 30.0 Å². The summed E-state index contributed by atoms with van der Waals surface area (Å²) in [7, 11) is 0. The average Bonchev–Trinajstić information content (AvgIpc) is 3.23. The fourth-order valence-corrected chi connectivity index (χ4v) is 5.53. The number of anilines is 1. The summed E-state index contributed by atoms with van der Waals surface area (Å²) < 4.78 is 0. The van der Waals surface area contributed by atoms with Gasteiger partial charge in [0, 0.05) is 96.8 Å². The van der Waals surface area contributed by atoms with Crippen molar-refractivity contribution in [1.82, 2.24) is 5.32 Å². The van der Waals surface area contributed by atoms with Crippen molar-refractivity contribution < 1.29 is 148 Å². The second-order valence-electron chi connectivity index (χ2n) is 15.2. The van der Waals surface area contributed by atoms with Gasteiger partial charge in [0.05, 0.1) is 12.1 Å². The Kier molecular flexibility index (Phi) is 48.6. The molecule has 0 fully saturated rings. The molecule has 0 saturated heterocycles. The first-order valence-corrected chi connectivity index (χ1v) is 33.7. The predicted molar refractivity (Wildman–Crippen MR) is 275 cm³/mol. The Hall–Kier alpha value is -2.19. The van der Waals surface area contributed by atoms with E-state index in [1.807, 2.05) is 53.7 Å². The predicted octanol–water partition coefficient (Wildman–Crippen LogP) is 6.37. The van der Waals surface area contributed by atoms with Gasteiger partial charge >= 0.3 is 68.4 Å². The molecule has 2 atom stereocenters. The zero-order valence-electron chi connectivity index (χ0n) is 39.7. The number of nitrogens with one attached hydrogen (secondary N) is 1. The van der Waals surface area contributed by atoms with Crippen molar-refractivity contribution in [3.63, 3.8) is 0 Å². The number of carbonyl (C=O) groups is 7. The number of carboxylic acid groups (broad SMARTS) is 3. The van der Waals surface area contributed by atoms with E-state index in [1.165, 1.54) is 54.6 Å². The third kappa shape index (κ3) is 36.7. The van der Waals surface area contributed by atoms with Crippen molar-refractivity contribution in [3.8, 4) is 17.2 Å². The van der Waals surface area contributed by atoms with Crippen molar-refractivity contribution >= 4 is 95.1 Å². The minimum Gasteiger partial charge on any atom is -0.507 e. The first kappa shape index (κ1) is 76.7. The first-order chi connectivity index (χ1) is 31.3. The van der Waals surface area contributed by atoms with Crippen LogP contribution in [-0.4, -0.2) is 83.3 Å². The molecule has 2 radical (unpaired) electrons. The van der Waals surface area contributed by atoms with Crippen LogP contribution in [-0.2, 0) is 97.4 Å².